The van der Waals surface area contributed by atoms with E-state index in [2.05, 4.69) is 11.2 Å². The lowest BCUT2D eigenvalue weighted by molar-refractivity contribution is 0.0940. The molecule has 1 aromatic rings. The highest BCUT2D eigenvalue weighted by Gasteiger charge is 2.13. The Labute approximate surface area is 120 Å². The van der Waals surface area contributed by atoms with Gasteiger partial charge in [-0.1, -0.05) is 0 Å². The molecule has 0 aromatic heterocycles. The number of amides is 1. The van der Waals surface area contributed by atoms with Crippen LogP contribution in [0.15, 0.2) is 18.2 Å². The average Bonchev–Trinajstić information content (AvgIpc) is 2.41. The number of rotatable bonds is 7. The van der Waals surface area contributed by atoms with Crippen LogP contribution in [-0.4, -0.2) is 25.2 Å². The number of hydrogen-bond acceptors (Lipinski definition) is 3. The van der Waals surface area contributed by atoms with Crippen LogP contribution < -0.4 is 14.8 Å². The summed E-state index contributed by atoms with van der Waals surface area (Å²) < 4.78 is 11.0. The molecule has 1 aromatic carbocycles. The zero-order valence-corrected chi connectivity index (χ0v) is 12.2. The summed E-state index contributed by atoms with van der Waals surface area (Å²) in [5.41, 5.74) is 0.528. The van der Waals surface area contributed by atoms with Crippen LogP contribution in [-0.2, 0) is 0 Å². The molecule has 0 bridgehead atoms. The van der Waals surface area contributed by atoms with Crippen molar-refractivity contribution in [3.63, 3.8) is 0 Å². The first-order valence-corrected chi connectivity index (χ1v) is 6.76. The molecule has 0 radical (unpaired) electrons. The van der Waals surface area contributed by atoms with Crippen molar-refractivity contribution >= 4 is 5.91 Å². The van der Waals surface area contributed by atoms with Crippen LogP contribution in [0.3, 0.4) is 0 Å². The van der Waals surface area contributed by atoms with Gasteiger partial charge in [-0.05, 0) is 39.0 Å². The van der Waals surface area contributed by atoms with Crippen molar-refractivity contribution < 1.29 is 14.3 Å². The first-order chi connectivity index (χ1) is 9.62. The molecule has 0 aliphatic rings. The first-order valence-electron chi connectivity index (χ1n) is 6.76. The van der Waals surface area contributed by atoms with Crippen molar-refractivity contribution in [3.05, 3.63) is 23.8 Å². The summed E-state index contributed by atoms with van der Waals surface area (Å²) in [6.07, 6.45) is 5.72. The molecule has 1 unspecified atom stereocenters. The Kier molecular flexibility index (Phi) is 6.45. The van der Waals surface area contributed by atoms with Crippen LogP contribution in [0.1, 0.15) is 37.6 Å². The Morgan fingerprint density at radius 2 is 1.95 bits per heavy atom. The van der Waals surface area contributed by atoms with Crippen LogP contribution in [0, 0.1) is 12.3 Å². The average molecular weight is 275 g/mol. The highest BCUT2D eigenvalue weighted by atomic mass is 16.5. The van der Waals surface area contributed by atoms with Crippen molar-refractivity contribution in [3.8, 4) is 23.8 Å². The van der Waals surface area contributed by atoms with Gasteiger partial charge in [0, 0.05) is 18.0 Å². The fraction of sp³-hybridized carbons (Fsp3) is 0.438. The van der Waals surface area contributed by atoms with E-state index in [0.717, 1.165) is 0 Å². The number of carbonyl (C=O) groups is 1. The molecule has 1 rings (SSSR count). The number of nitrogens with one attached hydrogen (secondary N) is 1. The molecular weight excluding hydrogens is 254 g/mol. The van der Waals surface area contributed by atoms with Crippen molar-refractivity contribution in [2.75, 3.05) is 13.2 Å². The van der Waals surface area contributed by atoms with Gasteiger partial charge in [0.25, 0.3) is 5.91 Å². The Hall–Kier alpha value is -2.15. The number of terminal acetylenes is 1. The van der Waals surface area contributed by atoms with Crippen molar-refractivity contribution in [1.29, 1.82) is 0 Å². The number of hydrogen-bond donors (Lipinski definition) is 1. The molecule has 4 nitrogen and oxygen atoms in total. The molecule has 0 saturated heterocycles. The number of benzene rings is 1. The van der Waals surface area contributed by atoms with Crippen LogP contribution in [0.2, 0.25) is 0 Å². The summed E-state index contributed by atoms with van der Waals surface area (Å²) in [7, 11) is 0. The number of carbonyl (C=O) groups excluding carboxylic acids is 1. The molecular formula is C16H21NO3. The molecule has 0 saturated carbocycles. The van der Waals surface area contributed by atoms with E-state index in [4.69, 9.17) is 15.9 Å². The van der Waals surface area contributed by atoms with E-state index < -0.39 is 0 Å². The maximum atomic E-state index is 12.1. The Balaban J connectivity index is 2.87. The summed E-state index contributed by atoms with van der Waals surface area (Å²) in [5.74, 6) is 3.57. The van der Waals surface area contributed by atoms with Gasteiger partial charge in [0.2, 0.25) is 0 Å². The predicted octanol–water partition coefficient (Wildman–Crippen LogP) is 2.63. The normalized spacial score (nSPS) is 11.3. The molecule has 4 heteroatoms. The Bertz CT molecular complexity index is 491. The van der Waals surface area contributed by atoms with Gasteiger partial charge < -0.3 is 14.8 Å². The third-order valence-corrected chi connectivity index (χ3v) is 2.61. The van der Waals surface area contributed by atoms with Crippen LogP contribution in [0.25, 0.3) is 0 Å². The third kappa shape index (κ3) is 4.51. The minimum Gasteiger partial charge on any atom is -0.490 e. The Morgan fingerprint density at radius 3 is 2.55 bits per heavy atom. The van der Waals surface area contributed by atoms with E-state index in [1.807, 2.05) is 20.8 Å². The quantitative estimate of drug-likeness (QED) is 0.778. The van der Waals surface area contributed by atoms with Crippen molar-refractivity contribution in [2.45, 2.75) is 33.2 Å². The monoisotopic (exact) mass is 275 g/mol. The van der Waals surface area contributed by atoms with Crippen LogP contribution in [0.4, 0.5) is 0 Å². The first kappa shape index (κ1) is 15.9. The van der Waals surface area contributed by atoms with Gasteiger partial charge in [-0.25, -0.2) is 0 Å². The lowest BCUT2D eigenvalue weighted by Crippen LogP contribution is -2.32. The summed E-state index contributed by atoms with van der Waals surface area (Å²) in [6.45, 7) is 6.72. The van der Waals surface area contributed by atoms with E-state index in [-0.39, 0.29) is 11.9 Å². The van der Waals surface area contributed by atoms with E-state index in [1.165, 1.54) is 0 Å². The summed E-state index contributed by atoms with van der Waals surface area (Å²) in [5, 5.41) is 2.84. The lowest BCUT2D eigenvalue weighted by atomic mass is 10.1. The molecule has 0 fully saturated rings. The zero-order valence-electron chi connectivity index (χ0n) is 12.2. The van der Waals surface area contributed by atoms with E-state index >= 15 is 0 Å². The second-order valence-corrected chi connectivity index (χ2v) is 4.31. The molecule has 20 heavy (non-hydrogen) atoms. The zero-order chi connectivity index (χ0) is 15.0. The largest absolute Gasteiger partial charge is 0.490 e. The topological polar surface area (TPSA) is 47.6 Å². The van der Waals surface area contributed by atoms with Gasteiger partial charge in [-0.15, -0.1) is 12.3 Å². The van der Waals surface area contributed by atoms with Gasteiger partial charge in [0.1, 0.15) is 0 Å². The highest BCUT2D eigenvalue weighted by molar-refractivity contribution is 5.95. The van der Waals surface area contributed by atoms with Gasteiger partial charge >= 0.3 is 0 Å². The maximum absolute atomic E-state index is 12.1. The molecule has 0 spiro atoms. The summed E-state index contributed by atoms with van der Waals surface area (Å²) in [4.78, 5) is 12.1. The van der Waals surface area contributed by atoms with Gasteiger partial charge in [0.15, 0.2) is 11.5 Å². The minimum atomic E-state index is -0.170. The SMILES string of the molecule is C#CCC(C)NC(=O)c1ccc(OCC)c(OCC)c1. The standard InChI is InChI=1S/C16H21NO3/c1-5-8-12(4)17-16(18)13-9-10-14(19-6-2)15(11-13)20-7-3/h1,9-12H,6-8H2,2-4H3,(H,17,18). The van der Waals surface area contributed by atoms with Gasteiger partial charge in [-0.3, -0.25) is 4.79 Å². The fourth-order valence-corrected chi connectivity index (χ4v) is 1.73. The molecule has 1 amide bonds. The van der Waals surface area contributed by atoms with Gasteiger partial charge in [0.05, 0.1) is 13.2 Å². The molecule has 0 heterocycles. The Morgan fingerprint density at radius 1 is 1.30 bits per heavy atom. The van der Waals surface area contributed by atoms with Crippen molar-refractivity contribution in [2.24, 2.45) is 0 Å². The van der Waals surface area contributed by atoms with E-state index in [9.17, 15) is 4.79 Å². The molecule has 1 N–H and O–H groups in total. The van der Waals surface area contributed by atoms with Crippen LogP contribution in [0.5, 0.6) is 11.5 Å². The summed E-state index contributed by atoms with van der Waals surface area (Å²) in [6, 6.07) is 5.09. The molecule has 0 aliphatic heterocycles. The van der Waals surface area contributed by atoms with Crippen molar-refractivity contribution in [1.82, 2.24) is 5.32 Å². The summed E-state index contributed by atoms with van der Waals surface area (Å²) >= 11 is 0. The lowest BCUT2D eigenvalue weighted by Gasteiger charge is -2.14. The van der Waals surface area contributed by atoms with Gasteiger partial charge in [-0.2, -0.15) is 0 Å². The second-order valence-electron chi connectivity index (χ2n) is 4.31. The second kappa shape index (κ2) is 8.11. The van der Waals surface area contributed by atoms with Crippen LogP contribution >= 0.6 is 0 Å². The third-order valence-electron chi connectivity index (χ3n) is 2.61. The smallest absolute Gasteiger partial charge is 0.251 e. The van der Waals surface area contributed by atoms with E-state index in [0.29, 0.717) is 36.7 Å². The number of ether oxygens (including phenoxy) is 2. The maximum Gasteiger partial charge on any atom is 0.251 e. The molecule has 1 atom stereocenters. The van der Waals surface area contributed by atoms with E-state index in [1.54, 1.807) is 18.2 Å². The highest BCUT2D eigenvalue weighted by Crippen LogP contribution is 2.28. The molecule has 0 aliphatic carbocycles. The molecule has 108 valence electrons. The fourth-order valence-electron chi connectivity index (χ4n) is 1.73. The minimum absolute atomic E-state index is 0.0605. The predicted molar refractivity (Wildman–Crippen MR) is 79.2 cm³/mol.